The molecule has 2 atom stereocenters. The third kappa shape index (κ3) is 3.98. The molecule has 0 spiro atoms. The van der Waals surface area contributed by atoms with Crippen molar-refractivity contribution in [3.05, 3.63) is 50.6 Å². The van der Waals surface area contributed by atoms with Gasteiger partial charge in [0.15, 0.2) is 5.16 Å². The van der Waals surface area contributed by atoms with E-state index >= 15 is 0 Å². The van der Waals surface area contributed by atoms with Gasteiger partial charge in [0, 0.05) is 4.88 Å². The van der Waals surface area contributed by atoms with Crippen molar-refractivity contribution in [1.82, 2.24) is 19.2 Å². The highest BCUT2D eigenvalue weighted by molar-refractivity contribution is 8.00. The predicted molar refractivity (Wildman–Crippen MR) is 141 cm³/mol. The minimum Gasteiger partial charge on any atom is -0.468 e. The molecule has 1 aromatic carbocycles. The quantitative estimate of drug-likeness (QED) is 0.277. The molecule has 0 aliphatic heterocycles. The van der Waals surface area contributed by atoms with Gasteiger partial charge in [-0.05, 0) is 61.6 Å². The number of thiophene rings is 1. The van der Waals surface area contributed by atoms with Gasteiger partial charge in [-0.15, -0.1) is 21.5 Å². The van der Waals surface area contributed by atoms with E-state index in [9.17, 15) is 9.59 Å². The van der Waals surface area contributed by atoms with Gasteiger partial charge in [0.25, 0.3) is 5.56 Å². The number of hydrogen-bond donors (Lipinski definition) is 0. The summed E-state index contributed by atoms with van der Waals surface area (Å²) in [6.07, 6.45) is 2.91. The number of aromatic nitrogens is 4. The standard InChI is InChI=1S/C26H30N4O3S2/c1-14-9-7-8-10-18(14)29-21(31)20-17-12-11-16(26(3,4)5)13-19(17)35-22(20)30-24(29)27-28-25(30)34-15(2)23(32)33-6/h7-10,15-16H,11-13H2,1-6H3/t15-,16-/m1/s1. The van der Waals surface area contributed by atoms with Crippen LogP contribution in [0.1, 0.15) is 50.1 Å². The SMILES string of the molecule is COC(=O)[C@@H](C)Sc1nnc2n(-c3ccccc3C)c(=O)c3c4c(sc3n12)C[C@H](C(C)(C)C)CC4. The predicted octanol–water partition coefficient (Wildman–Crippen LogP) is 5.21. The molecule has 35 heavy (non-hydrogen) atoms. The van der Waals surface area contributed by atoms with Gasteiger partial charge >= 0.3 is 5.97 Å². The molecular formula is C26H30N4O3S2. The second kappa shape index (κ2) is 8.78. The number of rotatable bonds is 4. The number of thioether (sulfide) groups is 1. The van der Waals surface area contributed by atoms with Crippen molar-refractivity contribution >= 4 is 45.1 Å². The minimum absolute atomic E-state index is 0.0570. The first kappa shape index (κ1) is 24.1. The van der Waals surface area contributed by atoms with Crippen molar-refractivity contribution in [3.8, 4) is 5.69 Å². The number of fused-ring (bicyclic) bond motifs is 5. The average Bonchev–Trinajstić information content (AvgIpc) is 3.40. The van der Waals surface area contributed by atoms with E-state index < -0.39 is 5.25 Å². The Kier molecular flexibility index (Phi) is 6.04. The van der Waals surface area contributed by atoms with Crippen LogP contribution in [0.2, 0.25) is 0 Å². The molecule has 3 aromatic heterocycles. The fraction of sp³-hybridized carbons (Fsp3) is 0.462. The van der Waals surface area contributed by atoms with E-state index in [1.54, 1.807) is 22.8 Å². The summed E-state index contributed by atoms with van der Waals surface area (Å²) in [6, 6.07) is 7.82. The normalized spacial score (nSPS) is 17.0. The number of esters is 1. The molecule has 7 nitrogen and oxygen atoms in total. The van der Waals surface area contributed by atoms with Gasteiger partial charge in [0.05, 0.1) is 18.2 Å². The summed E-state index contributed by atoms with van der Waals surface area (Å²) in [6.45, 7) is 10.7. The largest absolute Gasteiger partial charge is 0.468 e. The molecule has 5 rings (SSSR count). The van der Waals surface area contributed by atoms with Gasteiger partial charge in [-0.3, -0.25) is 9.59 Å². The van der Waals surface area contributed by atoms with E-state index in [2.05, 4.69) is 31.0 Å². The first-order valence-electron chi connectivity index (χ1n) is 11.9. The summed E-state index contributed by atoms with van der Waals surface area (Å²) in [5, 5.41) is 9.76. The molecule has 0 radical (unpaired) electrons. The number of nitrogens with zero attached hydrogens (tertiary/aromatic N) is 4. The van der Waals surface area contributed by atoms with Crippen LogP contribution >= 0.6 is 23.1 Å². The lowest BCUT2D eigenvalue weighted by Crippen LogP contribution is -2.27. The van der Waals surface area contributed by atoms with Crippen molar-refractivity contribution in [2.24, 2.45) is 11.3 Å². The van der Waals surface area contributed by atoms with Gasteiger partial charge < -0.3 is 4.74 Å². The highest BCUT2D eigenvalue weighted by Crippen LogP contribution is 2.43. The summed E-state index contributed by atoms with van der Waals surface area (Å²) in [7, 11) is 1.38. The van der Waals surface area contributed by atoms with E-state index in [4.69, 9.17) is 4.74 Å². The minimum atomic E-state index is -0.457. The molecule has 1 aliphatic carbocycles. The Morgan fingerprint density at radius 1 is 1.26 bits per heavy atom. The maximum Gasteiger partial charge on any atom is 0.318 e. The first-order valence-corrected chi connectivity index (χ1v) is 13.6. The molecule has 1 aliphatic rings. The fourth-order valence-electron chi connectivity index (χ4n) is 4.96. The van der Waals surface area contributed by atoms with Crippen molar-refractivity contribution in [2.45, 2.75) is 64.3 Å². The monoisotopic (exact) mass is 510 g/mol. The number of carbonyl (C=O) groups is 1. The summed E-state index contributed by atoms with van der Waals surface area (Å²) >= 11 is 2.97. The van der Waals surface area contributed by atoms with Gasteiger partial charge in [0.1, 0.15) is 10.1 Å². The van der Waals surface area contributed by atoms with Crippen LogP contribution in [0.25, 0.3) is 21.7 Å². The van der Waals surface area contributed by atoms with Crippen LogP contribution in [0.5, 0.6) is 0 Å². The van der Waals surface area contributed by atoms with Crippen molar-refractivity contribution in [2.75, 3.05) is 7.11 Å². The van der Waals surface area contributed by atoms with Gasteiger partial charge in [-0.2, -0.15) is 0 Å². The van der Waals surface area contributed by atoms with Crippen LogP contribution < -0.4 is 5.56 Å². The third-order valence-electron chi connectivity index (χ3n) is 7.08. The highest BCUT2D eigenvalue weighted by Gasteiger charge is 2.33. The topological polar surface area (TPSA) is 78.5 Å². The van der Waals surface area contributed by atoms with E-state index in [1.807, 2.05) is 35.6 Å². The fourth-order valence-corrected chi connectivity index (χ4v) is 7.31. The summed E-state index contributed by atoms with van der Waals surface area (Å²) < 4.78 is 8.57. The summed E-state index contributed by atoms with van der Waals surface area (Å²) in [4.78, 5) is 28.4. The Morgan fingerprint density at radius 3 is 2.69 bits per heavy atom. The Balaban J connectivity index is 1.81. The van der Waals surface area contributed by atoms with Crippen molar-refractivity contribution in [3.63, 3.8) is 0 Å². The number of benzene rings is 1. The zero-order valence-corrected chi connectivity index (χ0v) is 22.5. The van der Waals surface area contributed by atoms with Gasteiger partial charge in [0.2, 0.25) is 5.78 Å². The summed E-state index contributed by atoms with van der Waals surface area (Å²) in [5.41, 5.74) is 3.08. The molecule has 0 amide bonds. The van der Waals surface area contributed by atoms with Crippen molar-refractivity contribution in [1.29, 1.82) is 0 Å². The van der Waals surface area contributed by atoms with Crippen LogP contribution in [0.4, 0.5) is 0 Å². The van der Waals surface area contributed by atoms with Crippen LogP contribution in [0.15, 0.2) is 34.2 Å². The van der Waals surface area contributed by atoms with Crippen LogP contribution in [0, 0.1) is 18.3 Å². The molecule has 4 aromatic rings. The molecule has 3 heterocycles. The Labute approximate surface area is 212 Å². The Hall–Kier alpha value is -2.65. The zero-order valence-electron chi connectivity index (χ0n) is 20.9. The molecule has 0 saturated heterocycles. The molecule has 184 valence electrons. The molecule has 0 saturated carbocycles. The molecule has 0 N–H and O–H groups in total. The third-order valence-corrected chi connectivity index (χ3v) is 9.34. The van der Waals surface area contributed by atoms with Crippen LogP contribution in [0.3, 0.4) is 0 Å². The molecule has 0 unspecified atom stereocenters. The number of aryl methyl sites for hydroxylation is 2. The molecule has 9 heteroatoms. The maximum atomic E-state index is 14.1. The molecule has 0 bridgehead atoms. The van der Waals surface area contributed by atoms with E-state index in [0.29, 0.717) is 16.9 Å². The van der Waals surface area contributed by atoms with E-state index in [1.165, 1.54) is 23.7 Å². The maximum absolute atomic E-state index is 14.1. The number of ether oxygens (including phenoxy) is 1. The van der Waals surface area contributed by atoms with Crippen LogP contribution in [-0.2, 0) is 22.4 Å². The lowest BCUT2D eigenvalue weighted by atomic mass is 9.72. The number of hydrogen-bond acceptors (Lipinski definition) is 7. The van der Waals surface area contributed by atoms with Crippen LogP contribution in [-0.4, -0.2) is 37.5 Å². The molecular weight excluding hydrogens is 480 g/mol. The summed E-state index contributed by atoms with van der Waals surface area (Å²) in [5.74, 6) is 0.697. The zero-order chi connectivity index (χ0) is 25.1. The second-order valence-corrected chi connectivity index (χ2v) is 12.7. The Bertz CT molecular complexity index is 1510. The van der Waals surface area contributed by atoms with E-state index in [0.717, 1.165) is 46.3 Å². The number of para-hydroxylation sites is 1. The van der Waals surface area contributed by atoms with Gasteiger partial charge in [-0.25, -0.2) is 8.97 Å². The lowest BCUT2D eigenvalue weighted by molar-refractivity contribution is -0.139. The average molecular weight is 511 g/mol. The smallest absolute Gasteiger partial charge is 0.318 e. The molecule has 0 fully saturated rings. The first-order chi connectivity index (χ1) is 16.6. The lowest BCUT2D eigenvalue weighted by Gasteiger charge is -2.33. The van der Waals surface area contributed by atoms with Crippen molar-refractivity contribution < 1.29 is 9.53 Å². The number of methoxy groups -OCH3 is 1. The van der Waals surface area contributed by atoms with Gasteiger partial charge in [-0.1, -0.05) is 50.7 Å². The van der Waals surface area contributed by atoms with E-state index in [-0.39, 0.29) is 16.9 Å². The second-order valence-electron chi connectivity index (χ2n) is 10.3. The highest BCUT2D eigenvalue weighted by atomic mass is 32.2. The number of carbonyl (C=O) groups excluding carboxylic acids is 1. The Morgan fingerprint density at radius 2 is 2.00 bits per heavy atom.